The highest BCUT2D eigenvalue weighted by Crippen LogP contribution is 2.24. The number of carboxylic acids is 1. The van der Waals surface area contributed by atoms with Crippen LogP contribution in [-0.4, -0.2) is 36.1 Å². The maximum atomic E-state index is 13.0. The van der Waals surface area contributed by atoms with E-state index in [0.29, 0.717) is 27.3 Å². The van der Waals surface area contributed by atoms with Crippen molar-refractivity contribution >= 4 is 45.5 Å². The van der Waals surface area contributed by atoms with Crippen LogP contribution >= 0.6 is 11.6 Å². The monoisotopic (exact) mass is 439 g/mol. The minimum atomic E-state index is -1.22. The summed E-state index contributed by atoms with van der Waals surface area (Å²) in [7, 11) is 1.80. The number of aliphatic carboxylic acids is 1. The summed E-state index contributed by atoms with van der Waals surface area (Å²) in [4.78, 5) is 46.0. The Morgan fingerprint density at radius 2 is 1.94 bits per heavy atom. The molecule has 0 radical (unpaired) electrons. The van der Waals surface area contributed by atoms with Crippen LogP contribution in [0.25, 0.3) is 22.1 Å². The number of amides is 1. The van der Waals surface area contributed by atoms with Crippen LogP contribution < -0.4 is 10.9 Å². The van der Waals surface area contributed by atoms with Gasteiger partial charge in [-0.3, -0.25) is 19.0 Å². The number of halogens is 1. The zero-order valence-corrected chi connectivity index (χ0v) is 17.5. The first kappa shape index (κ1) is 20.5. The Labute approximate surface area is 180 Å². The van der Waals surface area contributed by atoms with Crippen molar-refractivity contribution in [2.75, 3.05) is 0 Å². The number of aryl methyl sites for hydroxylation is 2. The fourth-order valence-corrected chi connectivity index (χ4v) is 3.59. The van der Waals surface area contributed by atoms with Crippen molar-refractivity contribution in [1.82, 2.24) is 24.4 Å². The van der Waals surface area contributed by atoms with Gasteiger partial charge in [-0.15, -0.1) is 0 Å². The van der Waals surface area contributed by atoms with E-state index in [9.17, 15) is 19.5 Å². The van der Waals surface area contributed by atoms with Crippen LogP contribution in [0.5, 0.6) is 0 Å². The number of nitrogens with zero attached hydrogens (tertiary/aromatic N) is 4. The Morgan fingerprint density at radius 1 is 1.23 bits per heavy atom. The molecule has 1 aromatic carbocycles. The number of carbonyl (C=O) groups excluding carboxylic acids is 1. The number of rotatable bonds is 5. The van der Waals surface area contributed by atoms with Crippen molar-refractivity contribution in [2.45, 2.75) is 20.0 Å². The molecule has 0 saturated carbocycles. The van der Waals surface area contributed by atoms with E-state index in [4.69, 9.17) is 11.6 Å². The van der Waals surface area contributed by atoms with E-state index in [0.717, 1.165) is 10.1 Å². The lowest BCUT2D eigenvalue weighted by Gasteiger charge is -2.12. The molecule has 31 heavy (non-hydrogen) atoms. The molecule has 9 nitrogen and oxygen atoms in total. The molecule has 4 aromatic rings. The molecule has 158 valence electrons. The average Bonchev–Trinajstić information content (AvgIpc) is 3.03. The number of aromatic nitrogens is 4. The zero-order chi connectivity index (χ0) is 22.3. The number of benzene rings is 1. The van der Waals surface area contributed by atoms with Gasteiger partial charge in [0.25, 0.3) is 11.5 Å². The quantitative estimate of drug-likeness (QED) is 0.492. The van der Waals surface area contributed by atoms with Gasteiger partial charge in [-0.05, 0) is 30.7 Å². The maximum Gasteiger partial charge on any atom is 0.323 e. The normalized spacial score (nSPS) is 11.2. The van der Waals surface area contributed by atoms with E-state index in [1.54, 1.807) is 31.3 Å². The first-order valence-corrected chi connectivity index (χ1v) is 9.74. The number of hydrogen-bond acceptors (Lipinski definition) is 5. The number of pyridine rings is 2. The molecule has 1 amide bonds. The second kappa shape index (κ2) is 7.84. The largest absolute Gasteiger partial charge is 0.480 e. The minimum Gasteiger partial charge on any atom is -0.480 e. The smallest absolute Gasteiger partial charge is 0.323 e. The van der Waals surface area contributed by atoms with Crippen LogP contribution in [-0.2, 0) is 24.9 Å². The van der Waals surface area contributed by atoms with Gasteiger partial charge in [-0.2, -0.15) is 0 Å². The van der Waals surface area contributed by atoms with Gasteiger partial charge in [-0.25, -0.2) is 9.97 Å². The number of carbonyl (C=O) groups is 2. The van der Waals surface area contributed by atoms with Crippen molar-refractivity contribution in [3.8, 4) is 0 Å². The highest BCUT2D eigenvalue weighted by molar-refractivity contribution is 6.30. The van der Waals surface area contributed by atoms with E-state index in [2.05, 4.69) is 15.3 Å². The third kappa shape index (κ3) is 3.75. The van der Waals surface area contributed by atoms with Gasteiger partial charge in [0.1, 0.15) is 29.1 Å². The summed E-state index contributed by atoms with van der Waals surface area (Å²) < 4.78 is 2.81. The summed E-state index contributed by atoms with van der Waals surface area (Å²) in [5, 5.41) is 13.1. The van der Waals surface area contributed by atoms with Crippen molar-refractivity contribution in [3.05, 3.63) is 68.9 Å². The fourth-order valence-electron chi connectivity index (χ4n) is 3.46. The summed E-state index contributed by atoms with van der Waals surface area (Å²) in [6.45, 7) is 1.38. The lowest BCUT2D eigenvalue weighted by atomic mass is 10.1. The van der Waals surface area contributed by atoms with E-state index in [1.807, 2.05) is 11.5 Å². The molecule has 0 aliphatic rings. The zero-order valence-electron chi connectivity index (χ0n) is 16.7. The molecule has 0 fully saturated rings. The number of hydrogen-bond donors (Lipinski definition) is 2. The molecular formula is C21H18ClN5O4. The van der Waals surface area contributed by atoms with Gasteiger partial charge in [0.2, 0.25) is 0 Å². The molecule has 0 aliphatic carbocycles. The lowest BCUT2D eigenvalue weighted by molar-refractivity contribution is -0.137. The molecule has 0 aliphatic heterocycles. The van der Waals surface area contributed by atoms with Crippen molar-refractivity contribution in [2.24, 2.45) is 7.05 Å². The number of fused-ring (bicyclic) bond motifs is 3. The standard InChI is InChI=1S/C21H18ClN5O4/c1-11-25-16-9-23-19-14(18(16)26(11)2)7-15(21(31)27(19)10-17(28)29)20(30)24-8-12-3-5-13(22)6-4-12/h3-7,9H,8,10H2,1-2H3,(H,24,30)(H,28,29). The SMILES string of the molecule is Cc1nc2cnc3c(cc(C(=O)NCc4ccc(Cl)cc4)c(=O)n3CC(=O)O)c2n1C. The Balaban J connectivity index is 1.85. The molecule has 3 heterocycles. The average molecular weight is 440 g/mol. The molecular weight excluding hydrogens is 422 g/mol. The summed E-state index contributed by atoms with van der Waals surface area (Å²) >= 11 is 5.88. The van der Waals surface area contributed by atoms with E-state index >= 15 is 0 Å². The molecule has 3 aromatic heterocycles. The number of nitrogens with one attached hydrogen (secondary N) is 1. The van der Waals surface area contributed by atoms with Crippen LogP contribution in [0.1, 0.15) is 21.7 Å². The highest BCUT2D eigenvalue weighted by atomic mass is 35.5. The van der Waals surface area contributed by atoms with Gasteiger partial charge < -0.3 is 15.0 Å². The summed E-state index contributed by atoms with van der Waals surface area (Å²) in [5.41, 5.74) is 1.33. The minimum absolute atomic E-state index is 0.170. The molecule has 0 atom stereocenters. The maximum absolute atomic E-state index is 13.0. The first-order chi connectivity index (χ1) is 14.8. The molecule has 0 bridgehead atoms. The van der Waals surface area contributed by atoms with Crippen LogP contribution in [0, 0.1) is 6.92 Å². The third-order valence-electron chi connectivity index (χ3n) is 5.08. The van der Waals surface area contributed by atoms with Crippen molar-refractivity contribution < 1.29 is 14.7 Å². The summed E-state index contributed by atoms with van der Waals surface area (Å²) in [6.07, 6.45) is 1.49. The lowest BCUT2D eigenvalue weighted by Crippen LogP contribution is -2.34. The summed E-state index contributed by atoms with van der Waals surface area (Å²) in [6, 6.07) is 8.37. The summed E-state index contributed by atoms with van der Waals surface area (Å²) in [5.74, 6) is -1.11. The van der Waals surface area contributed by atoms with Crippen LogP contribution in [0.3, 0.4) is 0 Å². The highest BCUT2D eigenvalue weighted by Gasteiger charge is 2.21. The number of carboxylic acid groups (broad SMARTS) is 1. The second-order valence-electron chi connectivity index (χ2n) is 7.10. The first-order valence-electron chi connectivity index (χ1n) is 9.36. The molecule has 0 spiro atoms. The van der Waals surface area contributed by atoms with Gasteiger partial charge in [0.15, 0.2) is 0 Å². The van der Waals surface area contributed by atoms with Crippen LogP contribution in [0.2, 0.25) is 5.02 Å². The molecule has 10 heteroatoms. The van der Waals surface area contributed by atoms with E-state index < -0.39 is 24.0 Å². The van der Waals surface area contributed by atoms with Crippen LogP contribution in [0.15, 0.2) is 41.3 Å². The van der Waals surface area contributed by atoms with Crippen molar-refractivity contribution in [1.29, 1.82) is 0 Å². The Kier molecular flexibility index (Phi) is 5.20. The fraction of sp³-hybridized carbons (Fsp3) is 0.190. The predicted octanol–water partition coefficient (Wildman–Crippen LogP) is 2.26. The van der Waals surface area contributed by atoms with Gasteiger partial charge >= 0.3 is 5.97 Å². The third-order valence-corrected chi connectivity index (χ3v) is 5.33. The topological polar surface area (TPSA) is 119 Å². The number of imidazole rings is 1. The molecule has 0 saturated heterocycles. The predicted molar refractivity (Wildman–Crippen MR) is 115 cm³/mol. The van der Waals surface area contributed by atoms with Crippen molar-refractivity contribution in [3.63, 3.8) is 0 Å². The van der Waals surface area contributed by atoms with Gasteiger partial charge in [-0.1, -0.05) is 23.7 Å². The molecule has 0 unspecified atom stereocenters. The van der Waals surface area contributed by atoms with Gasteiger partial charge in [0, 0.05) is 24.0 Å². The van der Waals surface area contributed by atoms with E-state index in [-0.39, 0.29) is 17.8 Å². The van der Waals surface area contributed by atoms with Gasteiger partial charge in [0.05, 0.1) is 11.7 Å². The van der Waals surface area contributed by atoms with Crippen LogP contribution in [0.4, 0.5) is 0 Å². The van der Waals surface area contributed by atoms with E-state index in [1.165, 1.54) is 12.3 Å². The molecule has 4 rings (SSSR count). The Morgan fingerprint density at radius 3 is 2.61 bits per heavy atom. The second-order valence-corrected chi connectivity index (χ2v) is 7.54. The Bertz CT molecular complexity index is 1410. The Hall–Kier alpha value is -3.72. The molecule has 2 N–H and O–H groups in total.